The quantitative estimate of drug-likeness (QED) is 0.619. The average molecular weight is 393 g/mol. The molecule has 1 heterocycles. The van der Waals surface area contributed by atoms with Crippen LogP contribution in [0.2, 0.25) is 0 Å². The number of carboxylic acids is 1. The maximum atomic E-state index is 11.6. The number of rotatable bonds is 7. The van der Waals surface area contributed by atoms with Crippen molar-refractivity contribution in [1.29, 1.82) is 0 Å². The van der Waals surface area contributed by atoms with E-state index in [1.54, 1.807) is 7.11 Å². The van der Waals surface area contributed by atoms with E-state index < -0.39 is 5.97 Å². The maximum Gasteiger partial charge on any atom is 0.354 e. The highest BCUT2D eigenvalue weighted by molar-refractivity contribution is 5.95. The average Bonchev–Trinajstić information content (AvgIpc) is 3.25. The molecular weight excluding hydrogens is 370 g/mol. The number of carbonyl (C=O) groups is 1. The minimum atomic E-state index is -1.11. The van der Waals surface area contributed by atoms with Crippen LogP contribution >= 0.6 is 0 Å². The summed E-state index contributed by atoms with van der Waals surface area (Å²) in [5.74, 6) is 0.661. The first-order valence-electron chi connectivity index (χ1n) is 9.74. The molecule has 150 valence electrons. The van der Waals surface area contributed by atoms with Crippen LogP contribution in [-0.2, 0) is 6.61 Å². The van der Waals surface area contributed by atoms with Crippen molar-refractivity contribution in [2.75, 3.05) is 7.11 Å². The normalized spacial score (nSPS) is 14.1. The van der Waals surface area contributed by atoms with Gasteiger partial charge in [-0.1, -0.05) is 24.3 Å². The molecule has 0 bridgehead atoms. The molecule has 1 N–H and O–H groups in total. The number of nitrogens with zero attached hydrogens (tertiary/aromatic N) is 1. The Morgan fingerprint density at radius 3 is 2.59 bits per heavy atom. The Morgan fingerprint density at radius 1 is 1.07 bits per heavy atom. The van der Waals surface area contributed by atoms with Gasteiger partial charge in [-0.3, -0.25) is 0 Å². The summed E-state index contributed by atoms with van der Waals surface area (Å²) in [6.45, 7) is 0.246. The van der Waals surface area contributed by atoms with Crippen molar-refractivity contribution >= 4 is 16.9 Å². The molecule has 4 rings (SSSR count). The molecule has 3 aromatic rings. The second-order valence-corrected chi connectivity index (χ2v) is 7.09. The highest BCUT2D eigenvalue weighted by Gasteiger charge is 2.20. The molecule has 1 aliphatic carbocycles. The summed E-state index contributed by atoms with van der Waals surface area (Å²) in [6, 6.07) is 14.6. The maximum absolute atomic E-state index is 11.6. The summed E-state index contributed by atoms with van der Waals surface area (Å²) < 4.78 is 17.5. The third kappa shape index (κ3) is 4.11. The van der Waals surface area contributed by atoms with Gasteiger partial charge in [0.1, 0.15) is 29.4 Å². The molecule has 0 spiro atoms. The molecule has 1 fully saturated rings. The molecule has 1 aromatic heterocycles. The van der Waals surface area contributed by atoms with Crippen LogP contribution in [0.15, 0.2) is 48.5 Å². The Bertz CT molecular complexity index is 1030. The van der Waals surface area contributed by atoms with Crippen LogP contribution in [0.5, 0.6) is 17.2 Å². The zero-order chi connectivity index (χ0) is 20.2. The minimum absolute atomic E-state index is 0.0741. The molecule has 0 saturated heterocycles. The van der Waals surface area contributed by atoms with E-state index in [1.165, 1.54) is 6.07 Å². The van der Waals surface area contributed by atoms with E-state index in [-0.39, 0.29) is 18.4 Å². The second-order valence-electron chi connectivity index (χ2n) is 7.09. The number of aromatic nitrogens is 1. The van der Waals surface area contributed by atoms with Crippen LogP contribution in [0.1, 0.15) is 41.7 Å². The fraction of sp³-hybridized carbons (Fsp3) is 0.304. The summed E-state index contributed by atoms with van der Waals surface area (Å²) in [5, 5.41) is 10.3. The van der Waals surface area contributed by atoms with Crippen molar-refractivity contribution in [3.05, 3.63) is 59.8 Å². The third-order valence-electron chi connectivity index (χ3n) is 5.16. The van der Waals surface area contributed by atoms with Gasteiger partial charge in [0.2, 0.25) is 0 Å². The number of methoxy groups -OCH3 is 1. The van der Waals surface area contributed by atoms with Gasteiger partial charge >= 0.3 is 5.97 Å². The number of hydrogen-bond donors (Lipinski definition) is 1. The van der Waals surface area contributed by atoms with Gasteiger partial charge in [-0.25, -0.2) is 9.78 Å². The highest BCUT2D eigenvalue weighted by atomic mass is 16.5. The van der Waals surface area contributed by atoms with Gasteiger partial charge in [0.05, 0.1) is 13.2 Å². The largest absolute Gasteiger partial charge is 0.496 e. The van der Waals surface area contributed by atoms with E-state index in [2.05, 4.69) is 4.98 Å². The van der Waals surface area contributed by atoms with Crippen molar-refractivity contribution in [3.63, 3.8) is 0 Å². The second kappa shape index (κ2) is 8.39. The lowest BCUT2D eigenvalue weighted by Gasteiger charge is -2.17. The molecule has 0 unspecified atom stereocenters. The van der Waals surface area contributed by atoms with Gasteiger partial charge in [-0.2, -0.15) is 0 Å². The first-order valence-corrected chi connectivity index (χ1v) is 9.74. The van der Waals surface area contributed by atoms with Gasteiger partial charge in [0.25, 0.3) is 0 Å². The number of ether oxygens (including phenoxy) is 3. The first-order chi connectivity index (χ1) is 14.2. The van der Waals surface area contributed by atoms with Gasteiger partial charge in [-0.15, -0.1) is 0 Å². The fourth-order valence-electron chi connectivity index (χ4n) is 3.68. The summed E-state index contributed by atoms with van der Waals surface area (Å²) in [5.41, 5.74) is 1.31. The molecule has 1 aliphatic rings. The Balaban J connectivity index is 1.71. The molecule has 6 nitrogen and oxygen atoms in total. The Morgan fingerprint density at radius 2 is 1.83 bits per heavy atom. The molecule has 0 radical (unpaired) electrons. The summed E-state index contributed by atoms with van der Waals surface area (Å²) in [6.07, 6.45) is 4.46. The van der Waals surface area contributed by atoms with Crippen LogP contribution in [0, 0.1) is 0 Å². The van der Waals surface area contributed by atoms with Gasteiger partial charge in [0, 0.05) is 17.0 Å². The van der Waals surface area contributed by atoms with Crippen molar-refractivity contribution in [2.45, 2.75) is 38.4 Å². The number of fused-ring (bicyclic) bond motifs is 1. The lowest BCUT2D eigenvalue weighted by atomic mass is 10.1. The number of hydrogen-bond acceptors (Lipinski definition) is 5. The summed E-state index contributed by atoms with van der Waals surface area (Å²) in [4.78, 5) is 16.0. The lowest BCUT2D eigenvalue weighted by Crippen LogP contribution is -2.12. The SMILES string of the molecule is COc1ccccc1COc1cc(C(=O)O)nc2c(OC3CCCC3)cccc12. The van der Waals surface area contributed by atoms with Crippen molar-refractivity contribution < 1.29 is 24.1 Å². The molecule has 29 heavy (non-hydrogen) atoms. The zero-order valence-corrected chi connectivity index (χ0v) is 16.3. The number of aromatic carboxylic acids is 1. The fourth-order valence-corrected chi connectivity index (χ4v) is 3.68. The van der Waals surface area contributed by atoms with Crippen LogP contribution in [-0.4, -0.2) is 29.3 Å². The van der Waals surface area contributed by atoms with E-state index in [4.69, 9.17) is 14.2 Å². The Labute approximate surface area is 169 Å². The molecular formula is C23H23NO5. The highest BCUT2D eigenvalue weighted by Crippen LogP contribution is 2.34. The van der Waals surface area contributed by atoms with E-state index in [1.807, 2.05) is 42.5 Å². The first kappa shape index (κ1) is 19.1. The predicted octanol–water partition coefficient (Wildman–Crippen LogP) is 4.84. The number of carboxylic acid groups (broad SMARTS) is 1. The number of benzene rings is 2. The Kier molecular flexibility index (Phi) is 5.51. The van der Waals surface area contributed by atoms with Crippen molar-refractivity contribution in [3.8, 4) is 17.2 Å². The molecule has 6 heteroatoms. The van der Waals surface area contributed by atoms with Gasteiger partial charge < -0.3 is 19.3 Å². The van der Waals surface area contributed by atoms with Crippen LogP contribution in [0.4, 0.5) is 0 Å². The van der Waals surface area contributed by atoms with Crippen LogP contribution < -0.4 is 14.2 Å². The van der Waals surface area contributed by atoms with E-state index in [0.717, 1.165) is 42.4 Å². The smallest absolute Gasteiger partial charge is 0.354 e. The van der Waals surface area contributed by atoms with Crippen molar-refractivity contribution in [2.24, 2.45) is 0 Å². The monoisotopic (exact) mass is 393 g/mol. The standard InChI is InChI=1S/C23H23NO5/c1-27-19-11-5-2-7-15(19)14-28-21-13-18(23(25)26)24-22-17(21)10-6-12-20(22)29-16-8-3-4-9-16/h2,5-7,10-13,16H,3-4,8-9,14H2,1H3,(H,25,26). The van der Waals surface area contributed by atoms with E-state index in [0.29, 0.717) is 17.0 Å². The summed E-state index contributed by atoms with van der Waals surface area (Å²) >= 11 is 0. The molecule has 0 atom stereocenters. The third-order valence-corrected chi connectivity index (χ3v) is 5.16. The lowest BCUT2D eigenvalue weighted by molar-refractivity contribution is 0.0690. The molecule has 0 amide bonds. The summed E-state index contributed by atoms with van der Waals surface area (Å²) in [7, 11) is 1.61. The van der Waals surface area contributed by atoms with E-state index in [9.17, 15) is 9.90 Å². The predicted molar refractivity (Wildman–Crippen MR) is 109 cm³/mol. The number of pyridine rings is 1. The van der Waals surface area contributed by atoms with Crippen molar-refractivity contribution in [1.82, 2.24) is 4.98 Å². The van der Waals surface area contributed by atoms with Gasteiger partial charge in [0.15, 0.2) is 5.69 Å². The minimum Gasteiger partial charge on any atom is -0.496 e. The zero-order valence-electron chi connectivity index (χ0n) is 16.3. The van der Waals surface area contributed by atoms with Gasteiger partial charge in [-0.05, 0) is 43.9 Å². The topological polar surface area (TPSA) is 77.9 Å². The molecule has 1 saturated carbocycles. The number of para-hydroxylation sites is 2. The van der Waals surface area contributed by atoms with E-state index >= 15 is 0 Å². The Hall–Kier alpha value is -3.28. The molecule has 0 aliphatic heterocycles. The van der Waals surface area contributed by atoms with Crippen LogP contribution in [0.3, 0.4) is 0 Å². The van der Waals surface area contributed by atoms with Crippen LogP contribution in [0.25, 0.3) is 10.9 Å². The molecule has 2 aromatic carbocycles.